The van der Waals surface area contributed by atoms with Crippen molar-refractivity contribution in [1.29, 1.82) is 0 Å². The maximum absolute atomic E-state index is 11.9. The fourth-order valence-electron chi connectivity index (χ4n) is 11.3. The smallest absolute Gasteiger partial charge is 0.146 e. The summed E-state index contributed by atoms with van der Waals surface area (Å²) in [4.78, 5) is 11.9. The lowest BCUT2D eigenvalue weighted by molar-refractivity contribution is -0.255. The molecule has 2 N–H and O–H groups in total. The number of hydrogen-bond acceptors (Lipinski definition) is 3. The van der Waals surface area contributed by atoms with Crippen LogP contribution in [0.4, 0.5) is 0 Å². The minimum Gasteiger partial charge on any atom is -0.393 e. The standard InChI is InChI=1S/C30H48O3/c1-18-19(17-31)16-24(33)28(5)14-15-29(6)20(25(18)28)8-9-22-27(4)12-11-23(32)26(2,3)21(27)10-13-30(22,29)7/h16-18,20-25,32-33H,8-15H2,1-7H3/t18-,20-,21+,22-,23+,24-,25-,27+,28+,29-,30-/m1/s1. The zero-order chi connectivity index (χ0) is 24.2. The SMILES string of the molecule is C[C@@H]1C(C=O)=C[C@@H](O)[C@]2(C)CC[C@]3(C)[C@H](CC[C@@H]4[C@@]5(C)CC[C@H](O)C(C)(C)[C@@H]5CC[C@]43C)[C@@H]12. The summed E-state index contributed by atoms with van der Waals surface area (Å²) in [5, 5.41) is 22.1. The molecule has 5 aliphatic carbocycles. The second-order valence-corrected chi connectivity index (χ2v) is 14.6. The van der Waals surface area contributed by atoms with Gasteiger partial charge in [0, 0.05) is 5.41 Å². The molecule has 11 atom stereocenters. The van der Waals surface area contributed by atoms with Gasteiger partial charge in [0.2, 0.25) is 0 Å². The number of hydrogen-bond donors (Lipinski definition) is 2. The number of allylic oxidation sites excluding steroid dienone is 1. The van der Waals surface area contributed by atoms with Crippen molar-refractivity contribution < 1.29 is 15.0 Å². The third kappa shape index (κ3) is 2.79. The lowest BCUT2D eigenvalue weighted by atomic mass is 9.31. The number of carbonyl (C=O) groups is 1. The van der Waals surface area contributed by atoms with Crippen molar-refractivity contribution >= 4 is 6.29 Å². The monoisotopic (exact) mass is 456 g/mol. The molecule has 0 saturated heterocycles. The van der Waals surface area contributed by atoms with E-state index >= 15 is 0 Å². The molecule has 0 bridgehead atoms. The molecule has 0 aromatic carbocycles. The first-order chi connectivity index (χ1) is 15.3. The Morgan fingerprint density at radius 3 is 2.18 bits per heavy atom. The van der Waals surface area contributed by atoms with E-state index in [4.69, 9.17) is 0 Å². The highest BCUT2D eigenvalue weighted by Gasteiger charge is 2.70. The molecule has 0 aromatic heterocycles. The molecule has 3 heteroatoms. The van der Waals surface area contributed by atoms with Gasteiger partial charge in [0.05, 0.1) is 12.2 Å². The van der Waals surface area contributed by atoms with Crippen molar-refractivity contribution in [2.24, 2.45) is 56.7 Å². The molecule has 0 radical (unpaired) electrons. The molecule has 0 aliphatic heterocycles. The van der Waals surface area contributed by atoms with Crippen molar-refractivity contribution in [1.82, 2.24) is 0 Å². The van der Waals surface area contributed by atoms with Crippen LogP contribution in [-0.2, 0) is 4.79 Å². The third-order valence-electron chi connectivity index (χ3n) is 13.5. The molecule has 5 aliphatic rings. The highest BCUT2D eigenvalue weighted by atomic mass is 16.3. The van der Waals surface area contributed by atoms with Gasteiger partial charge in [0.1, 0.15) is 6.29 Å². The fourth-order valence-corrected chi connectivity index (χ4v) is 11.3. The lowest BCUT2D eigenvalue weighted by Crippen LogP contribution is -2.68. The first-order valence-electron chi connectivity index (χ1n) is 13.8. The van der Waals surface area contributed by atoms with Crippen LogP contribution in [0.2, 0.25) is 0 Å². The van der Waals surface area contributed by atoms with Crippen LogP contribution in [0, 0.1) is 56.7 Å². The molecule has 4 fully saturated rings. The van der Waals surface area contributed by atoms with E-state index in [2.05, 4.69) is 48.5 Å². The number of aldehydes is 1. The Balaban J connectivity index is 1.56. The van der Waals surface area contributed by atoms with Crippen molar-refractivity contribution in [3.63, 3.8) is 0 Å². The van der Waals surface area contributed by atoms with Gasteiger partial charge in [0.25, 0.3) is 0 Å². The van der Waals surface area contributed by atoms with E-state index in [1.54, 1.807) is 0 Å². The van der Waals surface area contributed by atoms with Crippen LogP contribution in [-0.4, -0.2) is 28.7 Å². The summed E-state index contributed by atoms with van der Waals surface area (Å²) in [7, 11) is 0. The Bertz CT molecular complexity index is 861. The van der Waals surface area contributed by atoms with Crippen molar-refractivity contribution in [3.05, 3.63) is 11.6 Å². The van der Waals surface area contributed by atoms with Crippen LogP contribution in [0.15, 0.2) is 11.6 Å². The van der Waals surface area contributed by atoms with E-state index in [9.17, 15) is 15.0 Å². The summed E-state index contributed by atoms with van der Waals surface area (Å²) >= 11 is 0. The maximum Gasteiger partial charge on any atom is 0.146 e. The molecule has 3 nitrogen and oxygen atoms in total. The van der Waals surface area contributed by atoms with Gasteiger partial charge in [-0.2, -0.15) is 0 Å². The summed E-state index contributed by atoms with van der Waals surface area (Å²) in [6.07, 6.45) is 11.4. The van der Waals surface area contributed by atoms with Crippen LogP contribution >= 0.6 is 0 Å². The van der Waals surface area contributed by atoms with E-state index in [1.807, 2.05) is 6.08 Å². The zero-order valence-corrected chi connectivity index (χ0v) is 22.2. The van der Waals surface area contributed by atoms with Gasteiger partial charge < -0.3 is 10.2 Å². The number of aliphatic hydroxyl groups is 2. The summed E-state index contributed by atoms with van der Waals surface area (Å²) in [5.74, 6) is 2.40. The number of fused-ring (bicyclic) bond motifs is 7. The molecule has 33 heavy (non-hydrogen) atoms. The minimum absolute atomic E-state index is 0.0110. The molecule has 4 saturated carbocycles. The van der Waals surface area contributed by atoms with Gasteiger partial charge in [-0.1, -0.05) is 48.5 Å². The predicted octanol–water partition coefficient (Wildman–Crippen LogP) is 6.17. The first kappa shape index (κ1) is 24.0. The minimum atomic E-state index is -0.511. The molecular formula is C30H48O3. The Morgan fingerprint density at radius 1 is 0.818 bits per heavy atom. The molecular weight excluding hydrogens is 408 g/mol. The molecule has 0 aromatic rings. The molecule has 0 heterocycles. The largest absolute Gasteiger partial charge is 0.393 e. The van der Waals surface area contributed by atoms with Crippen LogP contribution in [0.3, 0.4) is 0 Å². The third-order valence-corrected chi connectivity index (χ3v) is 13.5. The first-order valence-corrected chi connectivity index (χ1v) is 13.8. The molecule has 0 spiro atoms. The Hall–Kier alpha value is -0.670. The molecule has 5 rings (SSSR count). The van der Waals surface area contributed by atoms with Crippen LogP contribution < -0.4 is 0 Å². The number of aliphatic hydroxyl groups excluding tert-OH is 2. The Kier molecular flexibility index (Phi) is 5.24. The summed E-state index contributed by atoms with van der Waals surface area (Å²) in [6, 6.07) is 0. The molecule has 0 amide bonds. The van der Waals surface area contributed by atoms with E-state index < -0.39 is 6.10 Å². The lowest BCUT2D eigenvalue weighted by Gasteiger charge is -2.73. The zero-order valence-electron chi connectivity index (χ0n) is 22.2. The Labute approximate surface area is 201 Å². The van der Waals surface area contributed by atoms with Crippen LogP contribution in [0.1, 0.15) is 99.8 Å². The van der Waals surface area contributed by atoms with Crippen molar-refractivity contribution in [2.45, 2.75) is 112 Å². The van der Waals surface area contributed by atoms with E-state index in [1.165, 1.54) is 32.1 Å². The van der Waals surface area contributed by atoms with Crippen molar-refractivity contribution in [3.8, 4) is 0 Å². The van der Waals surface area contributed by atoms with Gasteiger partial charge in [-0.15, -0.1) is 0 Å². The van der Waals surface area contributed by atoms with Crippen LogP contribution in [0.5, 0.6) is 0 Å². The second-order valence-electron chi connectivity index (χ2n) is 14.6. The van der Waals surface area contributed by atoms with E-state index in [0.29, 0.717) is 23.7 Å². The van der Waals surface area contributed by atoms with Gasteiger partial charge in [-0.3, -0.25) is 4.79 Å². The van der Waals surface area contributed by atoms with E-state index in [0.717, 1.165) is 31.1 Å². The van der Waals surface area contributed by atoms with Gasteiger partial charge in [0.15, 0.2) is 0 Å². The van der Waals surface area contributed by atoms with Crippen molar-refractivity contribution in [2.75, 3.05) is 0 Å². The average molecular weight is 457 g/mol. The second kappa shape index (κ2) is 7.19. The fraction of sp³-hybridized carbons (Fsp3) is 0.900. The highest BCUT2D eigenvalue weighted by Crippen LogP contribution is 2.76. The Morgan fingerprint density at radius 2 is 1.52 bits per heavy atom. The molecule has 186 valence electrons. The molecule has 0 unspecified atom stereocenters. The number of rotatable bonds is 1. The van der Waals surface area contributed by atoms with Gasteiger partial charge in [-0.25, -0.2) is 0 Å². The summed E-state index contributed by atoms with van der Waals surface area (Å²) < 4.78 is 0. The quantitative estimate of drug-likeness (QED) is 0.464. The van der Waals surface area contributed by atoms with Crippen LogP contribution in [0.25, 0.3) is 0 Å². The number of carbonyl (C=O) groups excluding carboxylic acids is 1. The normalized spacial score (nSPS) is 57.6. The van der Waals surface area contributed by atoms with Gasteiger partial charge in [-0.05, 0) is 114 Å². The average Bonchev–Trinajstić information content (AvgIpc) is 2.74. The van der Waals surface area contributed by atoms with Gasteiger partial charge >= 0.3 is 0 Å². The topological polar surface area (TPSA) is 57.5 Å². The predicted molar refractivity (Wildman–Crippen MR) is 132 cm³/mol. The summed E-state index contributed by atoms with van der Waals surface area (Å²) in [6.45, 7) is 17.0. The highest BCUT2D eigenvalue weighted by molar-refractivity contribution is 5.74. The summed E-state index contributed by atoms with van der Waals surface area (Å²) in [5.41, 5.74) is 1.47. The van der Waals surface area contributed by atoms with E-state index in [-0.39, 0.29) is 39.1 Å². The maximum atomic E-state index is 11.9.